The standard InChI is InChI=1S/C14H21ClN2O3/c1-17(2)4-3-16-12(9-18)10-7-11(15)14-13(8-10)19-5-6-20-14/h7-8,12,16,18H,3-6,9H2,1-2H3. The van der Waals surface area contributed by atoms with Crippen LogP contribution in [0, 0.1) is 0 Å². The van der Waals surface area contributed by atoms with Crippen LogP contribution in [0.4, 0.5) is 0 Å². The molecule has 6 heteroatoms. The van der Waals surface area contributed by atoms with E-state index in [1.165, 1.54) is 0 Å². The number of halogens is 1. The Bertz CT molecular complexity index is 454. The summed E-state index contributed by atoms with van der Waals surface area (Å²) in [7, 11) is 4.02. The summed E-state index contributed by atoms with van der Waals surface area (Å²) in [5.41, 5.74) is 0.903. The van der Waals surface area contributed by atoms with E-state index in [0.717, 1.165) is 18.7 Å². The van der Waals surface area contributed by atoms with Gasteiger partial charge in [0.05, 0.1) is 17.7 Å². The van der Waals surface area contributed by atoms with Crippen molar-refractivity contribution in [2.24, 2.45) is 0 Å². The van der Waals surface area contributed by atoms with E-state index in [1.54, 1.807) is 0 Å². The molecule has 0 bridgehead atoms. The zero-order valence-electron chi connectivity index (χ0n) is 11.9. The van der Waals surface area contributed by atoms with Crippen molar-refractivity contribution in [1.29, 1.82) is 0 Å². The maximum atomic E-state index is 9.55. The molecular formula is C14H21ClN2O3. The lowest BCUT2D eigenvalue weighted by Crippen LogP contribution is -2.31. The summed E-state index contributed by atoms with van der Waals surface area (Å²) in [6, 6.07) is 3.53. The van der Waals surface area contributed by atoms with Crippen molar-refractivity contribution in [1.82, 2.24) is 10.2 Å². The van der Waals surface area contributed by atoms with Gasteiger partial charge in [-0.15, -0.1) is 0 Å². The fraction of sp³-hybridized carbons (Fsp3) is 0.571. The molecule has 20 heavy (non-hydrogen) atoms. The molecule has 0 spiro atoms. The van der Waals surface area contributed by atoms with Crippen LogP contribution < -0.4 is 14.8 Å². The van der Waals surface area contributed by atoms with Gasteiger partial charge in [-0.05, 0) is 31.8 Å². The summed E-state index contributed by atoms with van der Waals surface area (Å²) < 4.78 is 11.0. The van der Waals surface area contributed by atoms with Crippen molar-refractivity contribution < 1.29 is 14.6 Å². The third kappa shape index (κ3) is 3.76. The van der Waals surface area contributed by atoms with Crippen molar-refractivity contribution in [2.45, 2.75) is 6.04 Å². The molecule has 1 atom stereocenters. The lowest BCUT2D eigenvalue weighted by atomic mass is 10.1. The van der Waals surface area contributed by atoms with Crippen LogP contribution in [-0.4, -0.2) is 57.0 Å². The lowest BCUT2D eigenvalue weighted by molar-refractivity contribution is 0.171. The monoisotopic (exact) mass is 300 g/mol. The zero-order valence-corrected chi connectivity index (χ0v) is 12.6. The number of ether oxygens (including phenoxy) is 2. The Labute approximate surface area is 124 Å². The van der Waals surface area contributed by atoms with E-state index < -0.39 is 0 Å². The van der Waals surface area contributed by atoms with E-state index >= 15 is 0 Å². The first-order chi connectivity index (χ1) is 9.61. The molecule has 1 aromatic carbocycles. The number of rotatable bonds is 6. The Morgan fingerprint density at radius 1 is 1.35 bits per heavy atom. The van der Waals surface area contributed by atoms with E-state index in [2.05, 4.69) is 10.2 Å². The number of hydrogen-bond acceptors (Lipinski definition) is 5. The van der Waals surface area contributed by atoms with E-state index in [4.69, 9.17) is 21.1 Å². The van der Waals surface area contributed by atoms with Gasteiger partial charge in [-0.25, -0.2) is 0 Å². The topological polar surface area (TPSA) is 54.0 Å². The predicted molar refractivity (Wildman–Crippen MR) is 78.8 cm³/mol. The molecule has 0 amide bonds. The average molecular weight is 301 g/mol. The number of aliphatic hydroxyl groups is 1. The van der Waals surface area contributed by atoms with Gasteiger partial charge < -0.3 is 24.8 Å². The van der Waals surface area contributed by atoms with Gasteiger partial charge in [0.15, 0.2) is 11.5 Å². The molecule has 5 nitrogen and oxygen atoms in total. The van der Waals surface area contributed by atoms with Gasteiger partial charge in [-0.3, -0.25) is 0 Å². The van der Waals surface area contributed by atoms with Gasteiger partial charge in [0, 0.05) is 13.1 Å². The number of likely N-dealkylation sites (N-methyl/N-ethyl adjacent to an activating group) is 1. The Morgan fingerprint density at radius 2 is 2.10 bits per heavy atom. The Balaban J connectivity index is 2.11. The van der Waals surface area contributed by atoms with E-state index in [9.17, 15) is 5.11 Å². The fourth-order valence-electron chi connectivity index (χ4n) is 2.08. The lowest BCUT2D eigenvalue weighted by Gasteiger charge is -2.23. The third-order valence-electron chi connectivity index (χ3n) is 3.15. The van der Waals surface area contributed by atoms with Crippen molar-refractivity contribution in [3.8, 4) is 11.5 Å². The maximum Gasteiger partial charge on any atom is 0.179 e. The van der Waals surface area contributed by atoms with E-state index in [-0.39, 0.29) is 12.6 Å². The van der Waals surface area contributed by atoms with Crippen molar-refractivity contribution in [3.05, 3.63) is 22.7 Å². The van der Waals surface area contributed by atoms with Crippen molar-refractivity contribution >= 4 is 11.6 Å². The van der Waals surface area contributed by atoms with E-state index in [0.29, 0.717) is 29.7 Å². The van der Waals surface area contributed by atoms with Gasteiger partial charge in [-0.2, -0.15) is 0 Å². The summed E-state index contributed by atoms with van der Waals surface area (Å²) in [5, 5.41) is 13.4. The average Bonchev–Trinajstić information content (AvgIpc) is 2.43. The fourth-order valence-corrected chi connectivity index (χ4v) is 2.36. The molecule has 0 saturated heterocycles. The van der Waals surface area contributed by atoms with Crippen LogP contribution in [0.1, 0.15) is 11.6 Å². The molecule has 112 valence electrons. The number of nitrogens with zero attached hydrogens (tertiary/aromatic N) is 1. The molecule has 0 aromatic heterocycles. The van der Waals surface area contributed by atoms with Crippen LogP contribution in [-0.2, 0) is 0 Å². The van der Waals surface area contributed by atoms with Gasteiger partial charge in [-0.1, -0.05) is 11.6 Å². The number of fused-ring (bicyclic) bond motifs is 1. The van der Waals surface area contributed by atoms with Crippen LogP contribution >= 0.6 is 11.6 Å². The Morgan fingerprint density at radius 3 is 2.80 bits per heavy atom. The minimum atomic E-state index is -0.164. The molecule has 2 N–H and O–H groups in total. The second-order valence-corrected chi connectivity index (χ2v) is 5.43. The normalized spacial score (nSPS) is 15.4. The van der Waals surface area contributed by atoms with Gasteiger partial charge in [0.2, 0.25) is 0 Å². The van der Waals surface area contributed by atoms with Gasteiger partial charge in [0.1, 0.15) is 13.2 Å². The molecular weight excluding hydrogens is 280 g/mol. The molecule has 0 aliphatic carbocycles. The summed E-state index contributed by atoms with van der Waals surface area (Å²) in [4.78, 5) is 2.08. The highest BCUT2D eigenvalue weighted by molar-refractivity contribution is 6.32. The van der Waals surface area contributed by atoms with Gasteiger partial charge in [0.25, 0.3) is 0 Å². The molecule has 0 saturated carbocycles. The summed E-state index contributed by atoms with van der Waals surface area (Å²) in [6.45, 7) is 2.71. The molecule has 0 fully saturated rings. The van der Waals surface area contributed by atoms with Gasteiger partial charge >= 0.3 is 0 Å². The Hall–Kier alpha value is -1.01. The quantitative estimate of drug-likeness (QED) is 0.829. The highest BCUT2D eigenvalue weighted by Gasteiger charge is 2.20. The molecule has 1 unspecified atom stereocenters. The molecule has 0 radical (unpaired) electrons. The second kappa shape index (κ2) is 7.13. The van der Waals surface area contributed by atoms with Crippen LogP contribution in [0.15, 0.2) is 12.1 Å². The smallest absolute Gasteiger partial charge is 0.179 e. The minimum absolute atomic E-state index is 0.00337. The van der Waals surface area contributed by atoms with Crippen molar-refractivity contribution in [3.63, 3.8) is 0 Å². The van der Waals surface area contributed by atoms with Crippen LogP contribution in [0.5, 0.6) is 11.5 Å². The van der Waals surface area contributed by atoms with Crippen LogP contribution in [0.2, 0.25) is 5.02 Å². The van der Waals surface area contributed by atoms with Crippen molar-refractivity contribution in [2.75, 3.05) is 47.0 Å². The zero-order chi connectivity index (χ0) is 14.5. The van der Waals surface area contributed by atoms with Crippen LogP contribution in [0.25, 0.3) is 0 Å². The molecule has 2 rings (SSSR count). The maximum absolute atomic E-state index is 9.55. The number of benzene rings is 1. The number of nitrogens with one attached hydrogen (secondary N) is 1. The third-order valence-corrected chi connectivity index (χ3v) is 3.43. The number of hydrogen-bond donors (Lipinski definition) is 2. The van der Waals surface area contributed by atoms with Crippen LogP contribution in [0.3, 0.4) is 0 Å². The summed E-state index contributed by atoms with van der Waals surface area (Å²) >= 11 is 6.21. The predicted octanol–water partition coefficient (Wildman–Crippen LogP) is 1.30. The molecule has 1 aliphatic heterocycles. The Kier molecular flexibility index (Phi) is 5.48. The highest BCUT2D eigenvalue weighted by Crippen LogP contribution is 2.39. The highest BCUT2D eigenvalue weighted by atomic mass is 35.5. The summed E-state index contributed by atoms with van der Waals surface area (Å²) in [5.74, 6) is 1.23. The molecule has 1 aromatic rings. The molecule has 1 heterocycles. The minimum Gasteiger partial charge on any atom is -0.486 e. The summed E-state index contributed by atoms with van der Waals surface area (Å²) in [6.07, 6.45) is 0. The largest absolute Gasteiger partial charge is 0.486 e. The first-order valence-corrected chi connectivity index (χ1v) is 7.07. The SMILES string of the molecule is CN(C)CCNC(CO)c1cc(Cl)c2c(c1)OCCO2. The first kappa shape index (κ1) is 15.4. The van der Waals surface area contributed by atoms with E-state index in [1.807, 2.05) is 26.2 Å². The first-order valence-electron chi connectivity index (χ1n) is 6.70. The number of aliphatic hydroxyl groups excluding tert-OH is 1. The molecule has 1 aliphatic rings. The second-order valence-electron chi connectivity index (χ2n) is 5.02.